The number of methoxy groups -OCH3 is 2. The van der Waals surface area contributed by atoms with Gasteiger partial charge < -0.3 is 14.4 Å². The number of ether oxygens (including phenoxy) is 2. The first-order valence-electron chi connectivity index (χ1n) is 5.79. The quantitative estimate of drug-likeness (QED) is 0.583. The summed E-state index contributed by atoms with van der Waals surface area (Å²) in [6.07, 6.45) is -0.726. The summed E-state index contributed by atoms with van der Waals surface area (Å²) in [5.74, 6) is 0.880. The zero-order chi connectivity index (χ0) is 14.0. The molecule has 0 saturated carbocycles. The first-order valence-corrected chi connectivity index (χ1v) is 6.78. The summed E-state index contributed by atoms with van der Waals surface area (Å²) in [6, 6.07) is 0.00435. The van der Waals surface area contributed by atoms with Crippen LogP contribution in [0.1, 0.15) is 20.8 Å². The lowest BCUT2D eigenvalue weighted by Gasteiger charge is -2.21. The number of hydrogen-bond donors (Lipinski definition) is 0. The number of aliphatic imine (C=N–C) groups is 2. The number of thioether (sulfide) groups is 1. The molecule has 0 N–H and O–H groups in total. The van der Waals surface area contributed by atoms with E-state index < -0.39 is 6.09 Å². The van der Waals surface area contributed by atoms with Gasteiger partial charge in [0.25, 0.3) is 0 Å². The molecule has 0 aliphatic heterocycles. The predicted molar refractivity (Wildman–Crippen MR) is 75.3 cm³/mol. The van der Waals surface area contributed by atoms with E-state index in [0.29, 0.717) is 0 Å². The summed E-state index contributed by atoms with van der Waals surface area (Å²) in [5.41, 5.74) is 0. The van der Waals surface area contributed by atoms with Gasteiger partial charge in [-0.25, -0.2) is 4.79 Å². The van der Waals surface area contributed by atoms with E-state index in [0.717, 1.165) is 24.0 Å². The Bertz CT molecular complexity index is 315. The van der Waals surface area contributed by atoms with Gasteiger partial charge in [-0.3, -0.25) is 0 Å². The molecule has 0 unspecified atom stereocenters. The number of carbonyl (C=O) groups excluding carboxylic acids is 1. The number of rotatable bonds is 3. The van der Waals surface area contributed by atoms with Crippen LogP contribution in [0.5, 0.6) is 0 Å². The second-order valence-electron chi connectivity index (χ2n) is 3.07. The zero-order valence-corrected chi connectivity index (χ0v) is 12.4. The van der Waals surface area contributed by atoms with E-state index in [-0.39, 0.29) is 6.02 Å². The highest BCUT2D eigenvalue weighted by atomic mass is 32.2. The second-order valence-corrected chi connectivity index (χ2v) is 4.30. The summed E-state index contributed by atoms with van der Waals surface area (Å²) >= 11 is 1.58. The van der Waals surface area contributed by atoms with Gasteiger partial charge in [0, 0.05) is 13.1 Å². The SMILES string of the molecule is CCS/C(=N\C(=N/C(=O)OC)OC)N(CC)CC. The number of hydrogen-bond acceptors (Lipinski definition) is 4. The maximum atomic E-state index is 11.1. The van der Waals surface area contributed by atoms with Crippen molar-refractivity contribution < 1.29 is 14.3 Å². The number of amides is 1. The van der Waals surface area contributed by atoms with Gasteiger partial charge in [-0.1, -0.05) is 18.7 Å². The van der Waals surface area contributed by atoms with Crippen molar-refractivity contribution in [3.05, 3.63) is 0 Å². The van der Waals surface area contributed by atoms with Crippen LogP contribution in [0, 0.1) is 0 Å². The van der Waals surface area contributed by atoms with E-state index in [1.165, 1.54) is 14.2 Å². The zero-order valence-electron chi connectivity index (χ0n) is 11.6. The summed E-state index contributed by atoms with van der Waals surface area (Å²) in [5, 5.41) is 0.784. The normalized spacial score (nSPS) is 12.3. The first kappa shape index (κ1) is 16.8. The molecule has 7 heteroatoms. The fourth-order valence-electron chi connectivity index (χ4n) is 1.14. The molecule has 6 nitrogen and oxygen atoms in total. The largest absolute Gasteiger partial charge is 0.467 e. The highest BCUT2D eigenvalue weighted by molar-refractivity contribution is 8.13. The number of amidine groups is 2. The van der Waals surface area contributed by atoms with Gasteiger partial charge in [-0.15, -0.1) is 4.99 Å². The molecule has 0 saturated heterocycles. The highest BCUT2D eigenvalue weighted by Gasteiger charge is 2.10. The molecule has 1 amide bonds. The van der Waals surface area contributed by atoms with Gasteiger partial charge in [-0.05, 0) is 19.6 Å². The first-order chi connectivity index (χ1) is 8.62. The Balaban J connectivity index is 5.10. The minimum absolute atomic E-state index is 0.00435. The Kier molecular flexibility index (Phi) is 9.08. The molecule has 0 heterocycles. The van der Waals surface area contributed by atoms with Crippen LogP contribution in [-0.4, -0.2) is 55.2 Å². The van der Waals surface area contributed by atoms with Crippen LogP contribution in [0.4, 0.5) is 4.79 Å². The monoisotopic (exact) mass is 275 g/mol. The summed E-state index contributed by atoms with van der Waals surface area (Å²) in [4.78, 5) is 21.0. The molecule has 0 atom stereocenters. The molecule has 0 aliphatic rings. The maximum absolute atomic E-state index is 11.1. The molecule has 0 bridgehead atoms. The van der Waals surface area contributed by atoms with Crippen molar-refractivity contribution in [2.45, 2.75) is 20.8 Å². The lowest BCUT2D eigenvalue weighted by atomic mass is 10.6. The average Bonchev–Trinajstić information content (AvgIpc) is 2.39. The van der Waals surface area contributed by atoms with Gasteiger partial charge in [0.2, 0.25) is 0 Å². The van der Waals surface area contributed by atoms with E-state index in [1.807, 2.05) is 20.8 Å². The lowest BCUT2D eigenvalue weighted by Crippen LogP contribution is -2.29. The van der Waals surface area contributed by atoms with Crippen LogP contribution in [-0.2, 0) is 9.47 Å². The fourth-order valence-corrected chi connectivity index (χ4v) is 1.98. The predicted octanol–water partition coefficient (Wildman–Crippen LogP) is 2.21. The maximum Gasteiger partial charge on any atom is 0.437 e. The fraction of sp³-hybridized carbons (Fsp3) is 0.727. The summed E-state index contributed by atoms with van der Waals surface area (Å²) in [6.45, 7) is 7.78. The molecule has 0 spiro atoms. The van der Waals surface area contributed by atoms with E-state index >= 15 is 0 Å². The van der Waals surface area contributed by atoms with Crippen molar-refractivity contribution in [3.63, 3.8) is 0 Å². The van der Waals surface area contributed by atoms with Gasteiger partial charge >= 0.3 is 12.1 Å². The Labute approximate surface area is 112 Å². The van der Waals surface area contributed by atoms with E-state index in [9.17, 15) is 4.79 Å². The molecule has 18 heavy (non-hydrogen) atoms. The molecule has 0 radical (unpaired) electrons. The van der Waals surface area contributed by atoms with Crippen LogP contribution in [0.3, 0.4) is 0 Å². The van der Waals surface area contributed by atoms with Crippen molar-refractivity contribution in [2.24, 2.45) is 9.98 Å². The Morgan fingerprint density at radius 3 is 2.11 bits per heavy atom. The average molecular weight is 275 g/mol. The standard InChI is InChI=1S/C11H21N3O3S/c1-6-14(7-2)10(18-8-3)12-9(16-4)13-11(15)17-5/h6-8H2,1-5H3/b12-10-,13-9+. The minimum Gasteiger partial charge on any atom is -0.467 e. The van der Waals surface area contributed by atoms with Crippen molar-refractivity contribution >= 4 is 29.0 Å². The molecule has 0 aromatic carbocycles. The third-order valence-corrected chi connectivity index (χ3v) is 2.94. The van der Waals surface area contributed by atoms with Crippen LogP contribution < -0.4 is 0 Å². The van der Waals surface area contributed by atoms with Crippen LogP contribution in [0.25, 0.3) is 0 Å². The van der Waals surface area contributed by atoms with Gasteiger partial charge in [-0.2, -0.15) is 4.99 Å². The van der Waals surface area contributed by atoms with E-state index in [1.54, 1.807) is 11.8 Å². The molecule has 0 fully saturated rings. The van der Waals surface area contributed by atoms with Crippen molar-refractivity contribution in [2.75, 3.05) is 33.1 Å². The molecule has 0 aliphatic carbocycles. The molecular formula is C11H21N3O3S. The molecule has 104 valence electrons. The number of nitrogens with zero attached hydrogens (tertiary/aromatic N) is 3. The summed E-state index contributed by atoms with van der Waals surface area (Å²) < 4.78 is 9.40. The molecule has 0 rings (SSSR count). The molecule has 0 aromatic heterocycles. The van der Waals surface area contributed by atoms with E-state index in [4.69, 9.17) is 4.74 Å². The third kappa shape index (κ3) is 5.90. The summed E-state index contributed by atoms with van der Waals surface area (Å²) in [7, 11) is 2.68. The Hall–Kier alpha value is -1.24. The number of carbonyl (C=O) groups is 1. The lowest BCUT2D eigenvalue weighted by molar-refractivity contribution is 0.181. The minimum atomic E-state index is -0.726. The van der Waals surface area contributed by atoms with Gasteiger partial charge in [0.1, 0.15) is 0 Å². The van der Waals surface area contributed by atoms with Gasteiger partial charge in [0.15, 0.2) is 5.17 Å². The smallest absolute Gasteiger partial charge is 0.437 e. The molecule has 0 aromatic rings. The molecular weight excluding hydrogens is 254 g/mol. The van der Waals surface area contributed by atoms with Crippen molar-refractivity contribution in [1.82, 2.24) is 4.90 Å². The highest BCUT2D eigenvalue weighted by Crippen LogP contribution is 2.09. The Morgan fingerprint density at radius 1 is 1.11 bits per heavy atom. The van der Waals surface area contributed by atoms with Crippen LogP contribution in [0.2, 0.25) is 0 Å². The second kappa shape index (κ2) is 9.76. The Morgan fingerprint density at radius 2 is 1.72 bits per heavy atom. The third-order valence-electron chi connectivity index (χ3n) is 2.04. The van der Waals surface area contributed by atoms with Crippen molar-refractivity contribution in [3.8, 4) is 0 Å². The van der Waals surface area contributed by atoms with Crippen molar-refractivity contribution in [1.29, 1.82) is 0 Å². The van der Waals surface area contributed by atoms with E-state index in [2.05, 4.69) is 19.6 Å². The van der Waals surface area contributed by atoms with Gasteiger partial charge in [0.05, 0.1) is 14.2 Å². The van der Waals surface area contributed by atoms with Crippen LogP contribution >= 0.6 is 11.8 Å². The van der Waals surface area contributed by atoms with Crippen LogP contribution in [0.15, 0.2) is 9.98 Å². The topological polar surface area (TPSA) is 63.5 Å².